The molecule has 0 aliphatic carbocycles. The minimum atomic E-state index is -0.862. The van der Waals surface area contributed by atoms with Crippen LogP contribution in [0.2, 0.25) is 10.0 Å². The highest BCUT2D eigenvalue weighted by Gasteiger charge is 2.13. The first-order valence-electron chi connectivity index (χ1n) is 5.93. The molecule has 0 bridgehead atoms. The minimum absolute atomic E-state index is 0.417. The van der Waals surface area contributed by atoms with Crippen LogP contribution in [-0.2, 0) is 4.79 Å². The lowest BCUT2D eigenvalue weighted by atomic mass is 10.0. The predicted molar refractivity (Wildman–Crippen MR) is 79.0 cm³/mol. The van der Waals surface area contributed by atoms with E-state index in [1.54, 1.807) is 49.4 Å². The van der Waals surface area contributed by atoms with Gasteiger partial charge in [0.15, 0.2) is 0 Å². The molecular formula is C15H12Cl2O3. The minimum Gasteiger partial charge on any atom is -0.481 e. The molecular weight excluding hydrogens is 299 g/mol. The molecule has 0 aliphatic rings. The van der Waals surface area contributed by atoms with Gasteiger partial charge < -0.3 is 9.84 Å². The molecule has 0 fully saturated rings. The van der Waals surface area contributed by atoms with E-state index in [1.165, 1.54) is 0 Å². The average molecular weight is 311 g/mol. The highest BCUT2D eigenvalue weighted by atomic mass is 35.5. The molecule has 104 valence electrons. The van der Waals surface area contributed by atoms with Crippen LogP contribution in [0.15, 0.2) is 42.5 Å². The van der Waals surface area contributed by atoms with Gasteiger partial charge in [0.1, 0.15) is 11.5 Å². The largest absolute Gasteiger partial charge is 0.481 e. The molecule has 20 heavy (non-hydrogen) atoms. The SMILES string of the molecule is CC(C(=O)O)c1ccc(Oc2ccc(Cl)cc2Cl)cc1. The Morgan fingerprint density at radius 1 is 1.15 bits per heavy atom. The maximum absolute atomic E-state index is 10.9. The van der Waals surface area contributed by atoms with Crippen LogP contribution in [0.1, 0.15) is 18.4 Å². The first-order valence-corrected chi connectivity index (χ1v) is 6.68. The van der Waals surface area contributed by atoms with Crippen LogP contribution in [0.3, 0.4) is 0 Å². The molecule has 1 unspecified atom stereocenters. The number of halogens is 2. The Bertz CT molecular complexity index is 624. The summed E-state index contributed by atoms with van der Waals surface area (Å²) in [5, 5.41) is 9.89. The Morgan fingerprint density at radius 3 is 2.35 bits per heavy atom. The lowest BCUT2D eigenvalue weighted by Gasteiger charge is -2.10. The van der Waals surface area contributed by atoms with E-state index >= 15 is 0 Å². The van der Waals surface area contributed by atoms with Gasteiger partial charge in [-0.3, -0.25) is 4.79 Å². The Labute approximate surface area is 126 Å². The standard InChI is InChI=1S/C15H12Cl2O3/c1-9(15(18)19)10-2-5-12(6-3-10)20-14-7-4-11(16)8-13(14)17/h2-9H,1H3,(H,18,19). The fourth-order valence-corrected chi connectivity index (χ4v) is 2.10. The van der Waals surface area contributed by atoms with E-state index < -0.39 is 11.9 Å². The number of rotatable bonds is 4. The van der Waals surface area contributed by atoms with E-state index in [9.17, 15) is 4.79 Å². The Kier molecular flexibility index (Phi) is 4.53. The highest BCUT2D eigenvalue weighted by Crippen LogP contribution is 2.32. The molecule has 2 aromatic carbocycles. The fourth-order valence-electron chi connectivity index (χ4n) is 1.65. The zero-order valence-corrected chi connectivity index (χ0v) is 12.2. The van der Waals surface area contributed by atoms with Gasteiger partial charge in [0, 0.05) is 5.02 Å². The van der Waals surface area contributed by atoms with Crippen molar-refractivity contribution in [3.05, 3.63) is 58.1 Å². The molecule has 5 heteroatoms. The van der Waals surface area contributed by atoms with Crippen LogP contribution in [0.25, 0.3) is 0 Å². The molecule has 0 heterocycles. The van der Waals surface area contributed by atoms with Crippen LogP contribution >= 0.6 is 23.2 Å². The van der Waals surface area contributed by atoms with Crippen molar-refractivity contribution in [3.8, 4) is 11.5 Å². The molecule has 0 saturated heterocycles. The highest BCUT2D eigenvalue weighted by molar-refractivity contribution is 6.35. The van der Waals surface area contributed by atoms with Crippen molar-refractivity contribution < 1.29 is 14.6 Å². The zero-order chi connectivity index (χ0) is 14.7. The summed E-state index contributed by atoms with van der Waals surface area (Å²) < 4.78 is 5.62. The van der Waals surface area contributed by atoms with Crippen molar-refractivity contribution in [2.75, 3.05) is 0 Å². The summed E-state index contributed by atoms with van der Waals surface area (Å²) in [6.45, 7) is 1.63. The summed E-state index contributed by atoms with van der Waals surface area (Å²) in [6.07, 6.45) is 0. The normalized spacial score (nSPS) is 11.9. The lowest BCUT2D eigenvalue weighted by Crippen LogP contribution is -2.06. The summed E-state index contributed by atoms with van der Waals surface area (Å²) in [4.78, 5) is 10.9. The average Bonchev–Trinajstić information content (AvgIpc) is 2.42. The predicted octanol–water partition coefficient (Wildman–Crippen LogP) is 4.97. The van der Waals surface area contributed by atoms with E-state index in [1.807, 2.05) is 0 Å². The van der Waals surface area contributed by atoms with Crippen molar-refractivity contribution in [1.82, 2.24) is 0 Å². The van der Waals surface area contributed by atoms with E-state index in [0.29, 0.717) is 27.1 Å². The Hall–Kier alpha value is -1.71. The second-order valence-electron chi connectivity index (χ2n) is 4.31. The Balaban J connectivity index is 2.16. The van der Waals surface area contributed by atoms with Gasteiger partial charge in [-0.15, -0.1) is 0 Å². The van der Waals surface area contributed by atoms with E-state index in [-0.39, 0.29) is 0 Å². The molecule has 0 aromatic heterocycles. The second-order valence-corrected chi connectivity index (χ2v) is 5.15. The monoisotopic (exact) mass is 310 g/mol. The number of benzene rings is 2. The number of hydrogen-bond donors (Lipinski definition) is 1. The molecule has 2 aromatic rings. The molecule has 0 saturated carbocycles. The van der Waals surface area contributed by atoms with Crippen LogP contribution in [0.4, 0.5) is 0 Å². The second kappa shape index (κ2) is 6.16. The molecule has 3 nitrogen and oxygen atoms in total. The molecule has 2 rings (SSSR count). The molecule has 0 radical (unpaired) electrons. The van der Waals surface area contributed by atoms with E-state index in [4.69, 9.17) is 33.0 Å². The van der Waals surface area contributed by atoms with Gasteiger partial charge in [0.25, 0.3) is 0 Å². The number of aliphatic carboxylic acids is 1. The van der Waals surface area contributed by atoms with Crippen molar-refractivity contribution in [2.45, 2.75) is 12.8 Å². The molecule has 1 N–H and O–H groups in total. The summed E-state index contributed by atoms with van der Waals surface area (Å²) in [7, 11) is 0. The third kappa shape index (κ3) is 3.44. The topological polar surface area (TPSA) is 46.5 Å². The fraction of sp³-hybridized carbons (Fsp3) is 0.133. The van der Waals surface area contributed by atoms with Crippen molar-refractivity contribution in [3.63, 3.8) is 0 Å². The van der Waals surface area contributed by atoms with Crippen molar-refractivity contribution >= 4 is 29.2 Å². The third-order valence-corrected chi connectivity index (χ3v) is 3.40. The van der Waals surface area contributed by atoms with E-state index in [2.05, 4.69) is 0 Å². The number of carbonyl (C=O) groups is 1. The maximum Gasteiger partial charge on any atom is 0.310 e. The van der Waals surface area contributed by atoms with Gasteiger partial charge in [0.05, 0.1) is 10.9 Å². The third-order valence-electron chi connectivity index (χ3n) is 2.87. The maximum atomic E-state index is 10.9. The number of hydrogen-bond acceptors (Lipinski definition) is 2. The van der Waals surface area contributed by atoms with Gasteiger partial charge >= 0.3 is 5.97 Å². The first kappa shape index (κ1) is 14.7. The Morgan fingerprint density at radius 2 is 1.80 bits per heavy atom. The molecule has 1 atom stereocenters. The number of carboxylic acid groups (broad SMARTS) is 1. The quantitative estimate of drug-likeness (QED) is 0.866. The lowest BCUT2D eigenvalue weighted by molar-refractivity contribution is -0.138. The number of carboxylic acids is 1. The van der Waals surface area contributed by atoms with Crippen molar-refractivity contribution in [1.29, 1.82) is 0 Å². The molecule has 0 spiro atoms. The molecule has 0 aliphatic heterocycles. The van der Waals surface area contributed by atoms with Crippen LogP contribution in [-0.4, -0.2) is 11.1 Å². The van der Waals surface area contributed by atoms with Crippen LogP contribution in [0.5, 0.6) is 11.5 Å². The van der Waals surface area contributed by atoms with Gasteiger partial charge in [-0.1, -0.05) is 35.3 Å². The number of ether oxygens (including phenoxy) is 1. The van der Waals surface area contributed by atoms with Gasteiger partial charge in [-0.25, -0.2) is 0 Å². The first-order chi connectivity index (χ1) is 9.47. The summed E-state index contributed by atoms with van der Waals surface area (Å²) in [5.74, 6) is -0.340. The molecule has 0 amide bonds. The summed E-state index contributed by atoms with van der Waals surface area (Å²) in [5.41, 5.74) is 0.715. The van der Waals surface area contributed by atoms with Crippen molar-refractivity contribution in [2.24, 2.45) is 0 Å². The van der Waals surface area contributed by atoms with Crippen LogP contribution in [0, 0.1) is 0 Å². The van der Waals surface area contributed by atoms with Gasteiger partial charge in [-0.2, -0.15) is 0 Å². The summed E-state index contributed by atoms with van der Waals surface area (Å²) in [6, 6.07) is 11.8. The van der Waals surface area contributed by atoms with Gasteiger partial charge in [0.2, 0.25) is 0 Å². The van der Waals surface area contributed by atoms with E-state index in [0.717, 1.165) is 0 Å². The summed E-state index contributed by atoms with van der Waals surface area (Å²) >= 11 is 11.8. The van der Waals surface area contributed by atoms with Gasteiger partial charge in [-0.05, 0) is 42.8 Å². The zero-order valence-electron chi connectivity index (χ0n) is 10.6. The smallest absolute Gasteiger partial charge is 0.310 e. The van der Waals surface area contributed by atoms with Crippen LogP contribution < -0.4 is 4.74 Å².